The second-order valence-corrected chi connectivity index (χ2v) is 4.47. The van der Waals surface area contributed by atoms with Crippen molar-refractivity contribution < 1.29 is 9.90 Å². The van der Waals surface area contributed by atoms with Crippen molar-refractivity contribution in [2.24, 2.45) is 11.8 Å². The zero-order valence-electron chi connectivity index (χ0n) is 9.39. The Balaban J connectivity index is 1.98. The highest BCUT2D eigenvalue weighted by atomic mass is 16.3. The van der Waals surface area contributed by atoms with Gasteiger partial charge < -0.3 is 10.4 Å². The predicted molar refractivity (Wildman–Crippen MR) is 61.7 cm³/mol. The standard InChI is InChI=1S/C13H17NO2/c1-9-7-11(9)13(16)14-12(8-15)10-5-3-2-4-6-10/h2-6,9,11-12,15H,7-8H2,1H3,(H,14,16). The van der Waals surface area contributed by atoms with Gasteiger partial charge in [-0.3, -0.25) is 4.79 Å². The smallest absolute Gasteiger partial charge is 0.223 e. The van der Waals surface area contributed by atoms with Crippen molar-refractivity contribution in [3.8, 4) is 0 Å². The summed E-state index contributed by atoms with van der Waals surface area (Å²) in [7, 11) is 0. The van der Waals surface area contributed by atoms with Gasteiger partial charge >= 0.3 is 0 Å². The molecule has 0 bridgehead atoms. The molecule has 0 saturated heterocycles. The third-order valence-corrected chi connectivity index (χ3v) is 3.15. The van der Waals surface area contributed by atoms with E-state index in [1.54, 1.807) is 0 Å². The van der Waals surface area contributed by atoms with E-state index in [0.717, 1.165) is 12.0 Å². The quantitative estimate of drug-likeness (QED) is 0.806. The lowest BCUT2D eigenvalue weighted by Gasteiger charge is -2.16. The van der Waals surface area contributed by atoms with Gasteiger partial charge in [-0.15, -0.1) is 0 Å². The van der Waals surface area contributed by atoms with Crippen molar-refractivity contribution in [3.63, 3.8) is 0 Å². The molecule has 3 unspecified atom stereocenters. The molecule has 2 N–H and O–H groups in total. The molecule has 0 aliphatic heterocycles. The fourth-order valence-electron chi connectivity index (χ4n) is 1.89. The van der Waals surface area contributed by atoms with Gasteiger partial charge in [0.1, 0.15) is 0 Å². The molecule has 1 aromatic carbocycles. The molecule has 3 atom stereocenters. The highest BCUT2D eigenvalue weighted by Crippen LogP contribution is 2.38. The lowest BCUT2D eigenvalue weighted by atomic mass is 10.1. The van der Waals surface area contributed by atoms with E-state index in [2.05, 4.69) is 12.2 Å². The van der Waals surface area contributed by atoms with Crippen LogP contribution in [0.25, 0.3) is 0 Å². The van der Waals surface area contributed by atoms with Gasteiger partial charge in [-0.05, 0) is 17.9 Å². The number of carbonyl (C=O) groups is 1. The van der Waals surface area contributed by atoms with Crippen LogP contribution in [0.5, 0.6) is 0 Å². The zero-order chi connectivity index (χ0) is 11.5. The average molecular weight is 219 g/mol. The fraction of sp³-hybridized carbons (Fsp3) is 0.462. The maximum atomic E-state index is 11.7. The minimum absolute atomic E-state index is 0.0587. The molecule has 1 amide bonds. The Hall–Kier alpha value is -1.35. The van der Waals surface area contributed by atoms with Gasteiger partial charge in [0.2, 0.25) is 5.91 Å². The van der Waals surface area contributed by atoms with Crippen LogP contribution in [0, 0.1) is 11.8 Å². The SMILES string of the molecule is CC1CC1C(=O)NC(CO)c1ccccc1. The zero-order valence-corrected chi connectivity index (χ0v) is 9.39. The van der Waals surface area contributed by atoms with Crippen molar-refractivity contribution in [2.75, 3.05) is 6.61 Å². The molecule has 0 radical (unpaired) electrons. The fourth-order valence-corrected chi connectivity index (χ4v) is 1.89. The first kappa shape index (κ1) is 11.1. The summed E-state index contributed by atoms with van der Waals surface area (Å²) in [5.74, 6) is 0.711. The number of carbonyl (C=O) groups excluding carboxylic acids is 1. The summed E-state index contributed by atoms with van der Waals surface area (Å²) < 4.78 is 0. The minimum Gasteiger partial charge on any atom is -0.394 e. The maximum absolute atomic E-state index is 11.7. The molecular weight excluding hydrogens is 202 g/mol. The minimum atomic E-state index is -0.276. The van der Waals surface area contributed by atoms with Gasteiger partial charge in [-0.1, -0.05) is 37.3 Å². The summed E-state index contributed by atoms with van der Waals surface area (Å²) in [5.41, 5.74) is 0.951. The molecule has 86 valence electrons. The Morgan fingerprint density at radius 1 is 1.50 bits per heavy atom. The summed E-state index contributed by atoms with van der Waals surface area (Å²) in [5, 5.41) is 12.2. The molecule has 1 aliphatic carbocycles. The highest BCUT2D eigenvalue weighted by molar-refractivity contribution is 5.81. The number of benzene rings is 1. The number of aliphatic hydroxyl groups excluding tert-OH is 1. The Bertz CT molecular complexity index is 363. The average Bonchev–Trinajstić information content (AvgIpc) is 3.04. The van der Waals surface area contributed by atoms with Gasteiger partial charge in [0.15, 0.2) is 0 Å². The summed E-state index contributed by atoms with van der Waals surface area (Å²) >= 11 is 0. The Morgan fingerprint density at radius 3 is 2.62 bits per heavy atom. The number of hydrogen-bond donors (Lipinski definition) is 2. The molecule has 1 fully saturated rings. The van der Waals surface area contributed by atoms with Crippen molar-refractivity contribution in [3.05, 3.63) is 35.9 Å². The summed E-state index contributed by atoms with van der Waals surface area (Å²) in [6.45, 7) is 2.01. The molecule has 1 saturated carbocycles. The topological polar surface area (TPSA) is 49.3 Å². The van der Waals surface area contributed by atoms with E-state index in [4.69, 9.17) is 0 Å². The summed E-state index contributed by atoms with van der Waals surface area (Å²) in [6, 6.07) is 9.28. The molecule has 3 heteroatoms. The number of aliphatic hydroxyl groups is 1. The second kappa shape index (κ2) is 4.66. The van der Waals surface area contributed by atoms with E-state index >= 15 is 0 Å². The van der Waals surface area contributed by atoms with Gasteiger partial charge in [-0.2, -0.15) is 0 Å². The number of rotatable bonds is 4. The monoisotopic (exact) mass is 219 g/mol. The van der Waals surface area contributed by atoms with Crippen LogP contribution in [0.3, 0.4) is 0 Å². The number of amides is 1. The van der Waals surface area contributed by atoms with Gasteiger partial charge in [-0.25, -0.2) is 0 Å². The molecular formula is C13H17NO2. The molecule has 0 heterocycles. The predicted octanol–water partition coefficient (Wildman–Crippen LogP) is 1.49. The first-order valence-electron chi connectivity index (χ1n) is 5.68. The number of hydrogen-bond acceptors (Lipinski definition) is 2. The van der Waals surface area contributed by atoms with Crippen LogP contribution in [0.4, 0.5) is 0 Å². The molecule has 1 aliphatic rings. The van der Waals surface area contributed by atoms with Crippen LogP contribution in [0.15, 0.2) is 30.3 Å². The first-order valence-corrected chi connectivity index (χ1v) is 5.68. The highest BCUT2D eigenvalue weighted by Gasteiger charge is 2.39. The normalized spacial score (nSPS) is 24.9. The molecule has 3 nitrogen and oxygen atoms in total. The van der Waals surface area contributed by atoms with E-state index in [0.29, 0.717) is 5.92 Å². The van der Waals surface area contributed by atoms with Crippen LogP contribution >= 0.6 is 0 Å². The largest absolute Gasteiger partial charge is 0.394 e. The summed E-state index contributed by atoms with van der Waals surface area (Å²) in [6.07, 6.45) is 0.971. The molecule has 16 heavy (non-hydrogen) atoms. The second-order valence-electron chi connectivity index (χ2n) is 4.47. The van der Waals surface area contributed by atoms with Crippen molar-refractivity contribution in [2.45, 2.75) is 19.4 Å². The van der Waals surface area contributed by atoms with Crippen molar-refractivity contribution in [1.82, 2.24) is 5.32 Å². The Morgan fingerprint density at radius 2 is 2.12 bits per heavy atom. The van der Waals surface area contributed by atoms with E-state index in [1.807, 2.05) is 30.3 Å². The van der Waals surface area contributed by atoms with Crippen LogP contribution in [0.2, 0.25) is 0 Å². The van der Waals surface area contributed by atoms with Gasteiger partial charge in [0.05, 0.1) is 12.6 Å². The van der Waals surface area contributed by atoms with E-state index < -0.39 is 0 Å². The van der Waals surface area contributed by atoms with Crippen molar-refractivity contribution >= 4 is 5.91 Å². The molecule has 0 aromatic heterocycles. The number of nitrogens with one attached hydrogen (secondary N) is 1. The molecule has 0 spiro atoms. The third kappa shape index (κ3) is 2.42. The van der Waals surface area contributed by atoms with E-state index in [1.165, 1.54) is 0 Å². The van der Waals surface area contributed by atoms with E-state index in [9.17, 15) is 9.90 Å². The lowest BCUT2D eigenvalue weighted by Crippen LogP contribution is -2.32. The van der Waals surface area contributed by atoms with Crippen LogP contribution in [0.1, 0.15) is 24.9 Å². The van der Waals surface area contributed by atoms with Gasteiger partial charge in [0, 0.05) is 5.92 Å². The maximum Gasteiger partial charge on any atom is 0.223 e. The molecule has 2 rings (SSSR count). The van der Waals surface area contributed by atoms with Crippen LogP contribution in [-0.4, -0.2) is 17.6 Å². The molecule has 1 aromatic rings. The first-order chi connectivity index (χ1) is 7.72. The lowest BCUT2D eigenvalue weighted by molar-refractivity contribution is -0.123. The van der Waals surface area contributed by atoms with Crippen LogP contribution < -0.4 is 5.32 Å². The summed E-state index contributed by atoms with van der Waals surface area (Å²) in [4.78, 5) is 11.7. The Labute approximate surface area is 95.5 Å². The third-order valence-electron chi connectivity index (χ3n) is 3.15. The van der Waals surface area contributed by atoms with Crippen molar-refractivity contribution in [1.29, 1.82) is 0 Å². The Kier molecular flexibility index (Phi) is 3.25. The van der Waals surface area contributed by atoms with Crippen LogP contribution in [-0.2, 0) is 4.79 Å². The van der Waals surface area contributed by atoms with Gasteiger partial charge in [0.25, 0.3) is 0 Å². The van der Waals surface area contributed by atoms with E-state index in [-0.39, 0.29) is 24.5 Å².